The number of aromatic nitrogens is 1. The summed E-state index contributed by atoms with van der Waals surface area (Å²) in [5.41, 5.74) is 0. The Morgan fingerprint density at radius 2 is 1.79 bits per heavy atom. The highest BCUT2D eigenvalue weighted by Crippen LogP contribution is 2.34. The predicted molar refractivity (Wildman–Crippen MR) is 148 cm³/mol. The first-order valence-corrected chi connectivity index (χ1v) is 15.4. The van der Waals surface area contributed by atoms with Crippen LogP contribution in [0, 0.1) is 17.7 Å². The molecule has 0 unspecified atom stereocenters. The first-order valence-electron chi connectivity index (χ1n) is 13.1. The second kappa shape index (κ2) is 11.7. The zero-order valence-electron chi connectivity index (χ0n) is 21.9. The van der Waals surface area contributed by atoms with E-state index in [4.69, 9.17) is 9.47 Å². The molecule has 2 aliphatic rings. The largest absolute Gasteiger partial charge is 0.497 e. The number of methoxy groups -OCH3 is 2. The topological polar surface area (TPSA) is 84.0 Å². The van der Waals surface area contributed by atoms with Crippen molar-refractivity contribution in [2.75, 3.05) is 58.4 Å². The zero-order valence-corrected chi connectivity index (χ0v) is 23.5. The summed E-state index contributed by atoms with van der Waals surface area (Å²) in [5.74, 6) is 2.21. The summed E-state index contributed by atoms with van der Waals surface area (Å²) in [6, 6.07) is 9.67. The number of halogens is 1. The van der Waals surface area contributed by atoms with E-state index >= 15 is 0 Å². The molecule has 5 rings (SSSR count). The van der Waals surface area contributed by atoms with Crippen molar-refractivity contribution >= 4 is 37.5 Å². The van der Waals surface area contributed by atoms with E-state index in [2.05, 4.69) is 18.9 Å². The van der Waals surface area contributed by atoms with Gasteiger partial charge in [0.15, 0.2) is 0 Å². The number of ether oxygens (including phenoxy) is 2. The molecule has 0 spiro atoms. The maximum atomic E-state index is 13.6. The molecular weight excluding hydrogens is 527 g/mol. The van der Waals surface area contributed by atoms with Gasteiger partial charge in [-0.05, 0) is 66.5 Å². The summed E-state index contributed by atoms with van der Waals surface area (Å²) in [4.78, 5) is 4.88. The van der Waals surface area contributed by atoms with Crippen LogP contribution in [0.25, 0.3) is 10.1 Å². The van der Waals surface area contributed by atoms with Crippen LogP contribution < -0.4 is 19.1 Å². The first kappa shape index (κ1) is 27.1. The van der Waals surface area contributed by atoms with Gasteiger partial charge in [0.05, 0.1) is 18.9 Å². The number of benzene rings is 2. The third-order valence-electron chi connectivity index (χ3n) is 7.84. The van der Waals surface area contributed by atoms with E-state index < -0.39 is 10.0 Å². The standard InChI is InChI=1S/C27H35FN4O4S2/c1-35-22-8-10-24(36-2)26(16-22)38(33,34)29-17-19-5-3-4-6-20(19)18-31-11-13-32(14-12-31)27-23-9-7-21(28)15-25(23)37-30-27/h7-10,15-16,19-20,29H,3-6,11-14,17-18H2,1-2H3/t19-,20-/m0/s1. The van der Waals surface area contributed by atoms with Gasteiger partial charge in [0.25, 0.3) is 0 Å². The van der Waals surface area contributed by atoms with Crippen LogP contribution in [-0.2, 0) is 10.0 Å². The lowest BCUT2D eigenvalue weighted by Crippen LogP contribution is -2.49. The fraction of sp³-hybridized carbons (Fsp3) is 0.519. The molecule has 0 amide bonds. The maximum absolute atomic E-state index is 13.6. The van der Waals surface area contributed by atoms with E-state index in [-0.39, 0.29) is 16.6 Å². The average Bonchev–Trinajstić information content (AvgIpc) is 3.35. The van der Waals surface area contributed by atoms with Crippen molar-refractivity contribution in [3.63, 3.8) is 0 Å². The van der Waals surface area contributed by atoms with Gasteiger partial charge in [-0.25, -0.2) is 17.5 Å². The number of hydrogen-bond donors (Lipinski definition) is 1. The van der Waals surface area contributed by atoms with Crippen LogP contribution in [0.4, 0.5) is 10.2 Å². The Labute approximate surface area is 227 Å². The number of fused-ring (bicyclic) bond motifs is 1. The highest BCUT2D eigenvalue weighted by molar-refractivity contribution is 7.89. The molecule has 1 saturated heterocycles. The molecule has 2 fully saturated rings. The molecule has 0 radical (unpaired) electrons. The molecule has 3 aromatic rings. The van der Waals surface area contributed by atoms with Gasteiger partial charge < -0.3 is 14.4 Å². The Balaban J connectivity index is 1.19. The summed E-state index contributed by atoms with van der Waals surface area (Å²) < 4.78 is 58.8. The van der Waals surface area contributed by atoms with Crippen LogP contribution in [0.3, 0.4) is 0 Å². The highest BCUT2D eigenvalue weighted by Gasteiger charge is 2.31. The Bertz CT molecular complexity index is 1360. The first-order chi connectivity index (χ1) is 18.4. The minimum absolute atomic E-state index is 0.0973. The van der Waals surface area contributed by atoms with Gasteiger partial charge in [-0.2, -0.15) is 4.37 Å². The second-order valence-electron chi connectivity index (χ2n) is 10.1. The van der Waals surface area contributed by atoms with Crippen LogP contribution in [0.15, 0.2) is 41.3 Å². The molecule has 2 heterocycles. The molecule has 8 nitrogen and oxygen atoms in total. The number of nitrogens with zero attached hydrogens (tertiary/aromatic N) is 3. The lowest BCUT2D eigenvalue weighted by molar-refractivity contribution is 0.147. The summed E-state index contributed by atoms with van der Waals surface area (Å²) >= 11 is 1.35. The van der Waals surface area contributed by atoms with Crippen LogP contribution in [-0.4, -0.2) is 71.2 Å². The molecule has 2 aromatic carbocycles. The quantitative estimate of drug-likeness (QED) is 0.415. The number of piperazine rings is 1. The number of nitrogens with one attached hydrogen (secondary N) is 1. The van der Waals surface area contributed by atoms with Crippen molar-refractivity contribution in [2.24, 2.45) is 11.8 Å². The Hall–Kier alpha value is -2.47. The summed E-state index contributed by atoms with van der Waals surface area (Å²) in [6.07, 6.45) is 4.43. The van der Waals surface area contributed by atoms with E-state index in [0.717, 1.165) is 67.9 Å². The number of sulfonamides is 1. The van der Waals surface area contributed by atoms with Gasteiger partial charge in [0.1, 0.15) is 28.0 Å². The molecule has 38 heavy (non-hydrogen) atoms. The van der Waals surface area contributed by atoms with Crippen molar-refractivity contribution in [3.05, 3.63) is 42.2 Å². The van der Waals surface area contributed by atoms with Crippen LogP contribution in [0.2, 0.25) is 0 Å². The van der Waals surface area contributed by atoms with Crippen LogP contribution in [0.5, 0.6) is 11.5 Å². The minimum atomic E-state index is -3.75. The third kappa shape index (κ3) is 5.90. The van der Waals surface area contributed by atoms with E-state index in [1.807, 2.05) is 6.07 Å². The van der Waals surface area contributed by atoms with E-state index in [9.17, 15) is 12.8 Å². The fourth-order valence-electron chi connectivity index (χ4n) is 5.68. The minimum Gasteiger partial charge on any atom is -0.497 e. The van der Waals surface area contributed by atoms with Gasteiger partial charge >= 0.3 is 0 Å². The normalized spacial score (nSPS) is 21.1. The molecule has 1 saturated carbocycles. The molecule has 0 bridgehead atoms. The van der Waals surface area contributed by atoms with E-state index in [1.165, 1.54) is 44.3 Å². The van der Waals surface area contributed by atoms with Gasteiger partial charge in [-0.3, -0.25) is 4.90 Å². The van der Waals surface area contributed by atoms with Crippen molar-refractivity contribution in [1.82, 2.24) is 14.0 Å². The summed E-state index contributed by atoms with van der Waals surface area (Å²) in [7, 11) is -0.770. The molecule has 1 aliphatic carbocycles. The number of rotatable bonds is 9. The average molecular weight is 563 g/mol. The summed E-state index contributed by atoms with van der Waals surface area (Å²) in [5, 5.41) is 1.01. The number of anilines is 1. The molecule has 2 atom stereocenters. The molecule has 206 valence electrons. The molecule has 1 aliphatic heterocycles. The maximum Gasteiger partial charge on any atom is 0.244 e. The van der Waals surface area contributed by atoms with Gasteiger partial charge in [0.2, 0.25) is 10.0 Å². The Morgan fingerprint density at radius 1 is 1.03 bits per heavy atom. The highest BCUT2D eigenvalue weighted by atomic mass is 32.2. The van der Waals surface area contributed by atoms with Gasteiger partial charge in [-0.1, -0.05) is 12.8 Å². The monoisotopic (exact) mass is 562 g/mol. The van der Waals surface area contributed by atoms with E-state index in [1.54, 1.807) is 18.2 Å². The number of hydrogen-bond acceptors (Lipinski definition) is 8. The van der Waals surface area contributed by atoms with Crippen molar-refractivity contribution in [3.8, 4) is 11.5 Å². The van der Waals surface area contributed by atoms with Gasteiger partial charge in [-0.15, -0.1) is 0 Å². The fourth-order valence-corrected chi connectivity index (χ4v) is 7.78. The third-order valence-corrected chi connectivity index (χ3v) is 10.1. The second-order valence-corrected chi connectivity index (χ2v) is 12.6. The molecule has 1 N–H and O–H groups in total. The SMILES string of the molecule is COc1ccc(OC)c(S(=O)(=O)NC[C@@H]2CCCC[C@H]2CN2CCN(c3nsc4cc(F)ccc34)CC2)c1. The lowest BCUT2D eigenvalue weighted by Gasteiger charge is -2.40. The molecular formula is C27H35FN4O4S2. The summed E-state index contributed by atoms with van der Waals surface area (Å²) in [6.45, 7) is 4.97. The Morgan fingerprint density at radius 3 is 2.53 bits per heavy atom. The van der Waals surface area contributed by atoms with Crippen molar-refractivity contribution in [2.45, 2.75) is 30.6 Å². The lowest BCUT2D eigenvalue weighted by atomic mass is 9.79. The molecule has 11 heteroatoms. The van der Waals surface area contributed by atoms with Crippen molar-refractivity contribution in [1.29, 1.82) is 0 Å². The predicted octanol–water partition coefficient (Wildman–Crippen LogP) is 4.36. The van der Waals surface area contributed by atoms with Gasteiger partial charge in [0, 0.05) is 50.7 Å². The van der Waals surface area contributed by atoms with Crippen molar-refractivity contribution < 1.29 is 22.3 Å². The van der Waals surface area contributed by atoms with E-state index in [0.29, 0.717) is 24.0 Å². The van der Waals surface area contributed by atoms with Crippen LogP contribution in [0.1, 0.15) is 25.7 Å². The van der Waals surface area contributed by atoms with Crippen LogP contribution >= 0.6 is 11.5 Å². The zero-order chi connectivity index (χ0) is 26.7. The smallest absolute Gasteiger partial charge is 0.244 e. The molecule has 1 aromatic heterocycles. The Kier molecular flexibility index (Phi) is 8.37.